The number of carbonyl (C=O) groups is 1. The Morgan fingerprint density at radius 1 is 1.21 bits per heavy atom. The Bertz CT molecular complexity index is 664. The van der Waals surface area contributed by atoms with E-state index < -0.39 is 0 Å². The number of carbonyl (C=O) groups excluding carboxylic acids is 1. The van der Waals surface area contributed by atoms with Gasteiger partial charge in [-0.3, -0.25) is 4.79 Å². The minimum Gasteiger partial charge on any atom is -0.375 e. The highest BCUT2D eigenvalue weighted by atomic mass is 16.5. The molecular weight excluding hydrogens is 354 g/mol. The number of hydrogen-bond acceptors (Lipinski definition) is 4. The van der Waals surface area contributed by atoms with E-state index >= 15 is 0 Å². The van der Waals surface area contributed by atoms with Crippen molar-refractivity contribution >= 4 is 5.91 Å². The minimum atomic E-state index is -0.371. The molecule has 0 aliphatic heterocycles. The van der Waals surface area contributed by atoms with Gasteiger partial charge in [0.1, 0.15) is 0 Å². The van der Waals surface area contributed by atoms with Gasteiger partial charge in [0.25, 0.3) is 5.91 Å². The van der Waals surface area contributed by atoms with Crippen LogP contribution in [0.25, 0.3) is 10.4 Å². The molecule has 0 aliphatic carbocycles. The first kappa shape index (κ1) is 24.0. The van der Waals surface area contributed by atoms with Crippen LogP contribution >= 0.6 is 0 Å². The summed E-state index contributed by atoms with van der Waals surface area (Å²) in [6.07, 6.45) is 1.66. The first-order valence-corrected chi connectivity index (χ1v) is 9.82. The number of ether oxygens (including phenoxy) is 1. The number of azide groups is 1. The van der Waals surface area contributed by atoms with Crippen LogP contribution in [0.4, 0.5) is 0 Å². The van der Waals surface area contributed by atoms with Gasteiger partial charge in [-0.15, -0.1) is 0 Å². The number of hydrogen-bond donors (Lipinski definition) is 2. The van der Waals surface area contributed by atoms with Gasteiger partial charge in [-0.25, -0.2) is 0 Å². The third kappa shape index (κ3) is 8.74. The van der Waals surface area contributed by atoms with E-state index in [9.17, 15) is 4.79 Å². The zero-order valence-corrected chi connectivity index (χ0v) is 18.1. The SMILES string of the molecule is CNCCC(C)(C)OCCC(C)(C)NC(=O)c1ccc(C(C)CN=[N+]=[N-])cc1. The maximum Gasteiger partial charge on any atom is 0.251 e. The molecule has 0 radical (unpaired) electrons. The second-order valence-electron chi connectivity index (χ2n) is 8.49. The molecule has 0 aromatic heterocycles. The smallest absolute Gasteiger partial charge is 0.251 e. The van der Waals surface area contributed by atoms with Crippen LogP contribution in [0.3, 0.4) is 0 Å². The highest BCUT2D eigenvalue weighted by Crippen LogP contribution is 2.19. The van der Waals surface area contributed by atoms with Crippen molar-refractivity contribution in [2.75, 3.05) is 26.7 Å². The van der Waals surface area contributed by atoms with Crippen LogP contribution in [-0.4, -0.2) is 43.8 Å². The van der Waals surface area contributed by atoms with Gasteiger partial charge in [-0.05, 0) is 83.3 Å². The topological polar surface area (TPSA) is 99.1 Å². The number of nitrogens with zero attached hydrogens (tertiary/aromatic N) is 3. The van der Waals surface area contributed by atoms with E-state index in [1.165, 1.54) is 0 Å². The molecule has 156 valence electrons. The number of rotatable bonds is 12. The lowest BCUT2D eigenvalue weighted by Crippen LogP contribution is -2.44. The normalized spacial score (nSPS) is 12.9. The number of benzene rings is 1. The monoisotopic (exact) mass is 389 g/mol. The summed E-state index contributed by atoms with van der Waals surface area (Å²) in [4.78, 5) is 15.4. The highest BCUT2D eigenvalue weighted by molar-refractivity contribution is 5.94. The minimum absolute atomic E-state index is 0.103. The van der Waals surface area contributed by atoms with E-state index in [2.05, 4.69) is 34.5 Å². The summed E-state index contributed by atoms with van der Waals surface area (Å²) in [5, 5.41) is 9.83. The molecule has 7 heteroatoms. The Labute approximate surface area is 168 Å². The number of nitrogens with one attached hydrogen (secondary N) is 2. The summed E-state index contributed by atoms with van der Waals surface area (Å²) in [7, 11) is 1.93. The van der Waals surface area contributed by atoms with Gasteiger partial charge in [0.2, 0.25) is 0 Å². The lowest BCUT2D eigenvalue weighted by atomic mass is 9.98. The summed E-state index contributed by atoms with van der Waals surface area (Å²) in [5.74, 6) is 0.0153. The van der Waals surface area contributed by atoms with E-state index in [-0.39, 0.29) is 23.0 Å². The largest absolute Gasteiger partial charge is 0.375 e. The Kier molecular flexibility index (Phi) is 9.46. The summed E-state index contributed by atoms with van der Waals surface area (Å²) >= 11 is 0. The molecule has 0 aliphatic rings. The molecule has 1 atom stereocenters. The van der Waals surface area contributed by atoms with Crippen LogP contribution in [0, 0.1) is 0 Å². The fourth-order valence-electron chi connectivity index (χ4n) is 2.75. The molecule has 1 aromatic carbocycles. The van der Waals surface area contributed by atoms with Crippen LogP contribution in [0.2, 0.25) is 0 Å². The Morgan fingerprint density at radius 3 is 2.43 bits per heavy atom. The van der Waals surface area contributed by atoms with Crippen molar-refractivity contribution in [1.29, 1.82) is 0 Å². The van der Waals surface area contributed by atoms with Crippen molar-refractivity contribution in [3.8, 4) is 0 Å². The standard InChI is InChI=1S/C21H35N5O2/c1-16(15-24-26-22)17-7-9-18(10-8-17)19(27)25-20(2,3)12-14-28-21(4,5)11-13-23-6/h7-10,16,23H,11-15H2,1-6H3,(H,25,27). The zero-order chi connectivity index (χ0) is 21.2. The summed E-state index contributed by atoms with van der Waals surface area (Å²) in [5.41, 5.74) is 9.52. The molecule has 2 N–H and O–H groups in total. The molecule has 0 fully saturated rings. The first-order chi connectivity index (χ1) is 13.1. The van der Waals surface area contributed by atoms with Crippen LogP contribution in [-0.2, 0) is 4.74 Å². The van der Waals surface area contributed by atoms with Crippen molar-refractivity contribution in [1.82, 2.24) is 10.6 Å². The van der Waals surface area contributed by atoms with Gasteiger partial charge in [-0.2, -0.15) is 0 Å². The summed E-state index contributed by atoms with van der Waals surface area (Å²) in [6, 6.07) is 7.44. The number of amides is 1. The van der Waals surface area contributed by atoms with Gasteiger partial charge >= 0.3 is 0 Å². The van der Waals surface area contributed by atoms with Gasteiger partial charge in [-0.1, -0.05) is 24.2 Å². The molecule has 0 heterocycles. The molecule has 28 heavy (non-hydrogen) atoms. The second-order valence-corrected chi connectivity index (χ2v) is 8.49. The molecule has 0 bridgehead atoms. The Balaban J connectivity index is 2.56. The molecular formula is C21H35N5O2. The molecule has 0 spiro atoms. The third-order valence-electron chi connectivity index (χ3n) is 4.81. The fourth-order valence-corrected chi connectivity index (χ4v) is 2.75. The van der Waals surface area contributed by atoms with Crippen molar-refractivity contribution in [2.24, 2.45) is 5.11 Å². The average Bonchev–Trinajstić information content (AvgIpc) is 2.63. The quantitative estimate of drug-likeness (QED) is 0.315. The van der Waals surface area contributed by atoms with Crippen molar-refractivity contribution in [2.45, 2.75) is 64.5 Å². The van der Waals surface area contributed by atoms with Gasteiger partial charge < -0.3 is 15.4 Å². The van der Waals surface area contributed by atoms with Crippen LogP contribution in [0.5, 0.6) is 0 Å². The maximum atomic E-state index is 12.6. The zero-order valence-electron chi connectivity index (χ0n) is 18.1. The van der Waals surface area contributed by atoms with E-state index in [1.54, 1.807) is 0 Å². The predicted molar refractivity (Wildman–Crippen MR) is 114 cm³/mol. The van der Waals surface area contributed by atoms with Crippen LogP contribution in [0.15, 0.2) is 29.4 Å². The third-order valence-corrected chi connectivity index (χ3v) is 4.81. The van der Waals surface area contributed by atoms with Gasteiger partial charge in [0.15, 0.2) is 0 Å². The maximum absolute atomic E-state index is 12.6. The lowest BCUT2D eigenvalue weighted by Gasteiger charge is -2.30. The van der Waals surface area contributed by atoms with Crippen LogP contribution < -0.4 is 10.6 Å². The molecule has 0 saturated carbocycles. The van der Waals surface area contributed by atoms with Crippen molar-refractivity contribution in [3.63, 3.8) is 0 Å². The molecule has 0 saturated heterocycles. The van der Waals surface area contributed by atoms with Gasteiger partial charge in [0.05, 0.1) is 5.60 Å². The van der Waals surface area contributed by atoms with E-state index in [1.807, 2.05) is 52.1 Å². The van der Waals surface area contributed by atoms with Crippen molar-refractivity contribution < 1.29 is 9.53 Å². The Hall–Kier alpha value is -2.08. The van der Waals surface area contributed by atoms with Crippen LogP contribution in [0.1, 0.15) is 69.3 Å². The van der Waals surface area contributed by atoms with Gasteiger partial charge in [0, 0.05) is 29.2 Å². The van der Waals surface area contributed by atoms with E-state index in [4.69, 9.17) is 10.3 Å². The fraction of sp³-hybridized carbons (Fsp3) is 0.667. The van der Waals surface area contributed by atoms with E-state index in [0.29, 0.717) is 18.7 Å². The first-order valence-electron chi connectivity index (χ1n) is 9.82. The lowest BCUT2D eigenvalue weighted by molar-refractivity contribution is -0.0297. The van der Waals surface area contributed by atoms with Crippen molar-refractivity contribution in [3.05, 3.63) is 45.8 Å². The van der Waals surface area contributed by atoms with E-state index in [0.717, 1.165) is 24.9 Å². The average molecular weight is 390 g/mol. The Morgan fingerprint density at radius 2 is 1.86 bits per heavy atom. The molecule has 1 amide bonds. The highest BCUT2D eigenvalue weighted by Gasteiger charge is 2.24. The molecule has 7 nitrogen and oxygen atoms in total. The summed E-state index contributed by atoms with van der Waals surface area (Å²) < 4.78 is 6.00. The molecule has 1 aromatic rings. The molecule has 1 unspecified atom stereocenters. The summed E-state index contributed by atoms with van der Waals surface area (Å²) in [6.45, 7) is 12.1. The molecule has 1 rings (SSSR count). The predicted octanol–water partition coefficient (Wildman–Crippen LogP) is 4.40. The second kappa shape index (κ2) is 11.1.